The molecule has 0 aliphatic rings. The molecule has 0 fully saturated rings. The Labute approximate surface area is 122 Å². The van der Waals surface area contributed by atoms with Gasteiger partial charge < -0.3 is 9.88 Å². The van der Waals surface area contributed by atoms with E-state index in [1.807, 2.05) is 17.9 Å². The van der Waals surface area contributed by atoms with E-state index in [-0.39, 0.29) is 0 Å². The summed E-state index contributed by atoms with van der Waals surface area (Å²) in [5, 5.41) is 3.60. The summed E-state index contributed by atoms with van der Waals surface area (Å²) in [6.45, 7) is 5.40. The lowest BCUT2D eigenvalue weighted by Gasteiger charge is -2.17. The van der Waals surface area contributed by atoms with E-state index in [1.54, 1.807) is 0 Å². The average molecular weight is 271 g/mol. The number of aryl methyl sites for hydroxylation is 2. The van der Waals surface area contributed by atoms with Crippen LogP contribution < -0.4 is 5.32 Å². The molecule has 0 amide bonds. The van der Waals surface area contributed by atoms with Crippen molar-refractivity contribution in [3.8, 4) is 0 Å². The Hall–Kier alpha value is -1.61. The van der Waals surface area contributed by atoms with Crippen molar-refractivity contribution in [3.05, 3.63) is 53.6 Å². The van der Waals surface area contributed by atoms with E-state index in [0.29, 0.717) is 6.04 Å². The van der Waals surface area contributed by atoms with Crippen molar-refractivity contribution >= 4 is 0 Å². The fraction of sp³-hybridized carbons (Fsp3) is 0.471. The first-order chi connectivity index (χ1) is 9.72. The minimum Gasteiger partial charge on any atom is -0.340 e. The number of nitrogens with one attached hydrogen (secondary N) is 1. The summed E-state index contributed by atoms with van der Waals surface area (Å²) in [5.74, 6) is 0. The Morgan fingerprint density at radius 3 is 2.40 bits per heavy atom. The molecule has 0 bridgehead atoms. The predicted octanol–water partition coefficient (Wildman–Crippen LogP) is 3.27. The number of aromatic nitrogens is 2. The van der Waals surface area contributed by atoms with Crippen LogP contribution in [0.25, 0.3) is 0 Å². The fourth-order valence-corrected chi connectivity index (χ4v) is 2.36. The second kappa shape index (κ2) is 7.25. The van der Waals surface area contributed by atoms with Crippen LogP contribution in [0.5, 0.6) is 0 Å². The summed E-state index contributed by atoms with van der Waals surface area (Å²) in [5.41, 5.74) is 3.88. The quantitative estimate of drug-likeness (QED) is 0.837. The van der Waals surface area contributed by atoms with Crippen LogP contribution in [0.2, 0.25) is 0 Å². The highest BCUT2D eigenvalue weighted by molar-refractivity contribution is 5.24. The van der Waals surface area contributed by atoms with Gasteiger partial charge in [-0.15, -0.1) is 0 Å². The summed E-state index contributed by atoms with van der Waals surface area (Å²) >= 11 is 0. The first kappa shape index (κ1) is 14.8. The number of imidazole rings is 1. The second-order valence-corrected chi connectivity index (χ2v) is 5.34. The fourth-order valence-electron chi connectivity index (χ4n) is 2.36. The highest BCUT2D eigenvalue weighted by Gasteiger charge is 2.14. The van der Waals surface area contributed by atoms with E-state index in [2.05, 4.69) is 54.6 Å². The Kier molecular flexibility index (Phi) is 5.36. The molecule has 0 radical (unpaired) electrons. The van der Waals surface area contributed by atoms with Gasteiger partial charge in [0.25, 0.3) is 0 Å². The Morgan fingerprint density at radius 1 is 1.15 bits per heavy atom. The number of hydrogen-bond acceptors (Lipinski definition) is 2. The molecular weight excluding hydrogens is 246 g/mol. The van der Waals surface area contributed by atoms with Crippen molar-refractivity contribution in [1.82, 2.24) is 14.9 Å². The summed E-state index contributed by atoms with van der Waals surface area (Å²) in [6.07, 6.45) is 7.20. The van der Waals surface area contributed by atoms with E-state index >= 15 is 0 Å². The zero-order valence-corrected chi connectivity index (χ0v) is 12.8. The van der Waals surface area contributed by atoms with Gasteiger partial charge in [-0.3, -0.25) is 0 Å². The zero-order valence-electron chi connectivity index (χ0n) is 12.8. The number of benzene rings is 1. The Bertz CT molecular complexity index is 513. The van der Waals surface area contributed by atoms with E-state index in [1.165, 1.54) is 11.1 Å². The molecule has 20 heavy (non-hydrogen) atoms. The van der Waals surface area contributed by atoms with Gasteiger partial charge in [0, 0.05) is 13.2 Å². The molecule has 0 saturated carbocycles. The molecule has 0 aliphatic heterocycles. The van der Waals surface area contributed by atoms with E-state index < -0.39 is 0 Å². The Morgan fingerprint density at radius 2 is 1.85 bits per heavy atom. The SMILES string of the molecule is CCCNC(Cc1ccc(CC)cc1)c1cn(C)cn1. The normalized spacial score (nSPS) is 12.6. The van der Waals surface area contributed by atoms with Gasteiger partial charge in [0.05, 0.1) is 18.1 Å². The van der Waals surface area contributed by atoms with Crippen LogP contribution in [0.3, 0.4) is 0 Å². The lowest BCUT2D eigenvalue weighted by molar-refractivity contribution is 0.519. The minimum atomic E-state index is 0.295. The van der Waals surface area contributed by atoms with Gasteiger partial charge in [-0.05, 0) is 36.9 Å². The van der Waals surface area contributed by atoms with Gasteiger partial charge in [0.1, 0.15) is 0 Å². The predicted molar refractivity (Wildman–Crippen MR) is 83.8 cm³/mol. The molecule has 1 heterocycles. The van der Waals surface area contributed by atoms with Gasteiger partial charge >= 0.3 is 0 Å². The Balaban J connectivity index is 2.10. The monoisotopic (exact) mass is 271 g/mol. The van der Waals surface area contributed by atoms with E-state index in [4.69, 9.17) is 0 Å². The van der Waals surface area contributed by atoms with Crippen LogP contribution in [0.4, 0.5) is 0 Å². The number of nitrogens with zero attached hydrogens (tertiary/aromatic N) is 2. The van der Waals surface area contributed by atoms with Crippen LogP contribution in [0.15, 0.2) is 36.8 Å². The van der Waals surface area contributed by atoms with Gasteiger partial charge in [0.2, 0.25) is 0 Å². The third kappa shape index (κ3) is 3.94. The molecular formula is C17H25N3. The minimum absolute atomic E-state index is 0.295. The molecule has 2 aromatic rings. The van der Waals surface area contributed by atoms with E-state index in [0.717, 1.165) is 31.5 Å². The van der Waals surface area contributed by atoms with Crippen LogP contribution in [0, 0.1) is 0 Å². The first-order valence-electron chi connectivity index (χ1n) is 7.52. The smallest absolute Gasteiger partial charge is 0.0947 e. The van der Waals surface area contributed by atoms with Crippen LogP contribution >= 0.6 is 0 Å². The van der Waals surface area contributed by atoms with Crippen LogP contribution in [-0.4, -0.2) is 16.1 Å². The molecule has 108 valence electrons. The number of hydrogen-bond donors (Lipinski definition) is 1. The van der Waals surface area contributed by atoms with Crippen molar-refractivity contribution in [2.75, 3.05) is 6.54 Å². The largest absolute Gasteiger partial charge is 0.340 e. The molecule has 0 aliphatic carbocycles. The summed E-state index contributed by atoms with van der Waals surface area (Å²) in [6, 6.07) is 9.23. The molecule has 1 atom stereocenters. The third-order valence-electron chi connectivity index (χ3n) is 3.59. The third-order valence-corrected chi connectivity index (χ3v) is 3.59. The first-order valence-corrected chi connectivity index (χ1v) is 7.52. The van der Waals surface area contributed by atoms with Crippen molar-refractivity contribution in [2.24, 2.45) is 7.05 Å². The lowest BCUT2D eigenvalue weighted by atomic mass is 10.0. The molecule has 1 unspecified atom stereocenters. The molecule has 1 aromatic carbocycles. The highest BCUT2D eigenvalue weighted by Crippen LogP contribution is 2.17. The highest BCUT2D eigenvalue weighted by atomic mass is 15.0. The van der Waals surface area contributed by atoms with Crippen molar-refractivity contribution < 1.29 is 0 Å². The molecule has 2 rings (SSSR count). The molecule has 1 N–H and O–H groups in total. The lowest BCUT2D eigenvalue weighted by Crippen LogP contribution is -2.24. The summed E-state index contributed by atoms with van der Waals surface area (Å²) < 4.78 is 2.01. The molecule has 0 spiro atoms. The maximum absolute atomic E-state index is 4.50. The summed E-state index contributed by atoms with van der Waals surface area (Å²) in [7, 11) is 2.02. The standard InChI is InChI=1S/C17H25N3/c1-4-10-18-16(17-12-20(3)13-19-17)11-15-8-6-14(5-2)7-9-15/h6-9,12-13,16,18H,4-5,10-11H2,1-3H3. The van der Waals surface area contributed by atoms with Crippen LogP contribution in [0.1, 0.15) is 43.1 Å². The molecule has 0 saturated heterocycles. The zero-order chi connectivity index (χ0) is 14.4. The van der Waals surface area contributed by atoms with Gasteiger partial charge in [-0.1, -0.05) is 38.1 Å². The summed E-state index contributed by atoms with van der Waals surface area (Å²) in [4.78, 5) is 4.50. The van der Waals surface area contributed by atoms with E-state index in [9.17, 15) is 0 Å². The molecule has 3 heteroatoms. The van der Waals surface area contributed by atoms with Crippen molar-refractivity contribution in [3.63, 3.8) is 0 Å². The van der Waals surface area contributed by atoms with Crippen LogP contribution in [-0.2, 0) is 19.9 Å². The van der Waals surface area contributed by atoms with Gasteiger partial charge in [-0.25, -0.2) is 4.98 Å². The topological polar surface area (TPSA) is 29.9 Å². The van der Waals surface area contributed by atoms with Gasteiger partial charge in [-0.2, -0.15) is 0 Å². The second-order valence-electron chi connectivity index (χ2n) is 5.34. The van der Waals surface area contributed by atoms with Crippen molar-refractivity contribution in [1.29, 1.82) is 0 Å². The van der Waals surface area contributed by atoms with Crippen molar-refractivity contribution in [2.45, 2.75) is 39.2 Å². The molecule has 1 aromatic heterocycles. The maximum Gasteiger partial charge on any atom is 0.0947 e. The average Bonchev–Trinajstić information content (AvgIpc) is 2.90. The maximum atomic E-state index is 4.50. The van der Waals surface area contributed by atoms with Gasteiger partial charge in [0.15, 0.2) is 0 Å². The molecule has 3 nitrogen and oxygen atoms in total. The number of rotatable bonds is 7.